The summed E-state index contributed by atoms with van der Waals surface area (Å²) in [7, 11) is 0. The van der Waals surface area contributed by atoms with Crippen LogP contribution in [0.25, 0.3) is 0 Å². The number of nitrogens with one attached hydrogen (secondary N) is 4. The lowest BCUT2D eigenvalue weighted by atomic mass is 9.89. The van der Waals surface area contributed by atoms with E-state index >= 15 is 0 Å². The van der Waals surface area contributed by atoms with Crippen molar-refractivity contribution >= 4 is 45.8 Å². The molecule has 0 fully saturated rings. The fourth-order valence-corrected chi connectivity index (χ4v) is 4.46. The number of nitrogens with two attached hydrogens (primary N) is 1. The Morgan fingerprint density at radius 2 is 1.63 bits per heavy atom. The zero-order chi connectivity index (χ0) is 30.5. The number of alkyl carbamates (subject to hydrolysis) is 2. The average molecular weight is 635 g/mol. The van der Waals surface area contributed by atoms with E-state index in [1.807, 2.05) is 13.8 Å². The molecule has 0 bridgehead atoms. The number of hydrogen-bond acceptors (Lipinski definition) is 7. The van der Waals surface area contributed by atoms with Crippen LogP contribution in [0.2, 0.25) is 0 Å². The molecule has 0 aromatic heterocycles. The molecule has 222 valence electrons. The molecule has 0 saturated carbocycles. The highest BCUT2D eigenvalue weighted by atomic mass is 79.9. The van der Waals surface area contributed by atoms with Gasteiger partial charge in [-0.25, -0.2) is 9.59 Å². The Morgan fingerprint density at radius 1 is 1.02 bits per heavy atom. The molecule has 0 heterocycles. The van der Waals surface area contributed by atoms with Gasteiger partial charge in [-0.2, -0.15) is 0 Å². The summed E-state index contributed by atoms with van der Waals surface area (Å²) in [5, 5.41) is 10.3. The van der Waals surface area contributed by atoms with E-state index in [-0.39, 0.29) is 36.6 Å². The maximum atomic E-state index is 13.3. The molecule has 6 N–H and O–H groups in total. The van der Waals surface area contributed by atoms with Gasteiger partial charge in [-0.1, -0.05) is 38.1 Å². The van der Waals surface area contributed by atoms with Gasteiger partial charge in [-0.05, 0) is 46.5 Å². The topological polar surface area (TPSA) is 178 Å². The van der Waals surface area contributed by atoms with E-state index in [1.54, 1.807) is 24.3 Å². The maximum absolute atomic E-state index is 13.3. The van der Waals surface area contributed by atoms with Crippen molar-refractivity contribution in [3.05, 3.63) is 71.3 Å². The monoisotopic (exact) mass is 633 g/mol. The first-order valence-electron chi connectivity index (χ1n) is 12.9. The molecule has 0 spiro atoms. The van der Waals surface area contributed by atoms with E-state index in [1.165, 1.54) is 18.2 Å². The van der Waals surface area contributed by atoms with Crippen molar-refractivity contribution in [2.24, 2.45) is 11.7 Å². The zero-order valence-corrected chi connectivity index (χ0v) is 24.6. The predicted molar refractivity (Wildman–Crippen MR) is 156 cm³/mol. The van der Waals surface area contributed by atoms with Gasteiger partial charge in [0.25, 0.3) is 5.91 Å². The van der Waals surface area contributed by atoms with Gasteiger partial charge in [-0.15, -0.1) is 13.2 Å². The molecule has 12 nitrogen and oxygen atoms in total. The van der Waals surface area contributed by atoms with Gasteiger partial charge in [0.2, 0.25) is 11.8 Å². The molecule has 4 atom stereocenters. The molecule has 0 radical (unpaired) electrons. The van der Waals surface area contributed by atoms with Crippen LogP contribution < -0.4 is 27.0 Å². The van der Waals surface area contributed by atoms with Crippen molar-refractivity contribution in [1.82, 2.24) is 21.3 Å². The van der Waals surface area contributed by atoms with E-state index in [9.17, 15) is 24.0 Å². The van der Waals surface area contributed by atoms with Crippen LogP contribution in [-0.4, -0.2) is 67.3 Å². The summed E-state index contributed by atoms with van der Waals surface area (Å²) in [4.78, 5) is 63.6. The minimum absolute atomic E-state index is 0.0565. The number of hydrogen-bond donors (Lipinski definition) is 5. The Balaban J connectivity index is 2.49. The standard InChI is InChI=1S/C28H36BrN5O7/c1-5-11-31-27(38)40-22-15-17(25(36)34-21(24(30)35)13-16(3)4)14-20(23(22)41-28(39)32-12-6-2)33-26(37)18-9-7-8-10-19(18)29/h5-10,14,16,20-23H,1-2,11-13,15H2,3-4H3,(H2,30,35)(H,31,38)(H,32,39)(H,33,37)(H,34,36). The summed E-state index contributed by atoms with van der Waals surface area (Å²) in [6.45, 7) is 11.0. The fraction of sp³-hybridized carbons (Fsp3) is 0.393. The molecule has 5 amide bonds. The summed E-state index contributed by atoms with van der Waals surface area (Å²) in [5.41, 5.74) is 5.86. The number of primary amides is 1. The number of carbonyl (C=O) groups is 5. The third-order valence-electron chi connectivity index (χ3n) is 5.87. The lowest BCUT2D eigenvalue weighted by Gasteiger charge is -2.36. The van der Waals surface area contributed by atoms with Gasteiger partial charge in [0.15, 0.2) is 6.10 Å². The van der Waals surface area contributed by atoms with Crippen LogP contribution in [0.3, 0.4) is 0 Å². The number of ether oxygens (including phenoxy) is 2. The van der Waals surface area contributed by atoms with Crippen LogP contribution in [0.1, 0.15) is 37.0 Å². The number of halogens is 1. The third kappa shape index (κ3) is 10.4. The maximum Gasteiger partial charge on any atom is 0.407 e. The molecule has 2 rings (SSSR count). The molecule has 1 aliphatic rings. The van der Waals surface area contributed by atoms with Gasteiger partial charge < -0.3 is 36.5 Å². The molecule has 1 aliphatic carbocycles. The predicted octanol–water partition coefficient (Wildman–Crippen LogP) is 2.46. The van der Waals surface area contributed by atoms with Crippen LogP contribution in [0.5, 0.6) is 0 Å². The van der Waals surface area contributed by atoms with Crippen molar-refractivity contribution < 1.29 is 33.4 Å². The van der Waals surface area contributed by atoms with Crippen molar-refractivity contribution in [2.75, 3.05) is 13.1 Å². The van der Waals surface area contributed by atoms with E-state index in [0.29, 0.717) is 10.9 Å². The second-order valence-electron chi connectivity index (χ2n) is 9.59. The second-order valence-corrected chi connectivity index (χ2v) is 10.4. The van der Waals surface area contributed by atoms with Crippen LogP contribution in [0, 0.1) is 5.92 Å². The summed E-state index contributed by atoms with van der Waals surface area (Å²) in [6, 6.07) is 4.58. The Hall–Kier alpha value is -4.13. The van der Waals surface area contributed by atoms with E-state index in [2.05, 4.69) is 50.4 Å². The van der Waals surface area contributed by atoms with Crippen molar-refractivity contribution in [1.29, 1.82) is 0 Å². The number of carbonyl (C=O) groups excluding carboxylic acids is 5. The summed E-state index contributed by atoms with van der Waals surface area (Å²) < 4.78 is 11.7. The van der Waals surface area contributed by atoms with Crippen LogP contribution in [0.4, 0.5) is 9.59 Å². The van der Waals surface area contributed by atoms with Crippen molar-refractivity contribution in [3.8, 4) is 0 Å². The molecule has 1 aromatic carbocycles. The Morgan fingerprint density at radius 3 is 2.20 bits per heavy atom. The molecular weight excluding hydrogens is 598 g/mol. The number of benzene rings is 1. The number of amides is 5. The minimum Gasteiger partial charge on any atom is -0.442 e. The summed E-state index contributed by atoms with van der Waals surface area (Å²) in [6.07, 6.45) is 0.240. The first kappa shape index (κ1) is 33.1. The first-order chi connectivity index (χ1) is 19.5. The third-order valence-corrected chi connectivity index (χ3v) is 6.56. The van der Waals surface area contributed by atoms with Gasteiger partial charge >= 0.3 is 12.2 Å². The average Bonchev–Trinajstić information content (AvgIpc) is 2.91. The Kier molecular flexibility index (Phi) is 13.1. The molecule has 13 heteroatoms. The van der Waals surface area contributed by atoms with Gasteiger partial charge in [0, 0.05) is 29.6 Å². The van der Waals surface area contributed by atoms with Gasteiger partial charge in [0.05, 0.1) is 11.6 Å². The summed E-state index contributed by atoms with van der Waals surface area (Å²) >= 11 is 3.33. The zero-order valence-electron chi connectivity index (χ0n) is 23.0. The van der Waals surface area contributed by atoms with Crippen LogP contribution in [-0.2, 0) is 19.1 Å². The minimum atomic E-state index is -1.24. The Labute approximate surface area is 247 Å². The smallest absolute Gasteiger partial charge is 0.407 e. The highest BCUT2D eigenvalue weighted by molar-refractivity contribution is 9.10. The van der Waals surface area contributed by atoms with Crippen LogP contribution >= 0.6 is 15.9 Å². The van der Waals surface area contributed by atoms with Gasteiger partial charge in [0.1, 0.15) is 12.1 Å². The SMILES string of the molecule is C=CCNC(=O)OC1CC(C(=O)NC(CC(C)C)C(N)=O)=CC(NC(=O)c2ccccc2Br)C1OC(=O)NCC=C. The highest BCUT2D eigenvalue weighted by Gasteiger charge is 2.42. The molecule has 41 heavy (non-hydrogen) atoms. The molecule has 0 saturated heterocycles. The van der Waals surface area contributed by atoms with Crippen molar-refractivity contribution in [3.63, 3.8) is 0 Å². The van der Waals surface area contributed by atoms with E-state index in [0.717, 1.165) is 0 Å². The fourth-order valence-electron chi connectivity index (χ4n) is 3.99. The Bertz CT molecular complexity index is 1190. The van der Waals surface area contributed by atoms with Crippen molar-refractivity contribution in [2.45, 2.75) is 51.0 Å². The van der Waals surface area contributed by atoms with Gasteiger partial charge in [-0.3, -0.25) is 14.4 Å². The first-order valence-corrected chi connectivity index (χ1v) is 13.7. The van der Waals surface area contributed by atoms with E-state index < -0.39 is 54.2 Å². The number of rotatable bonds is 13. The molecule has 0 aliphatic heterocycles. The molecule has 1 aromatic rings. The quantitative estimate of drug-likeness (QED) is 0.207. The lowest BCUT2D eigenvalue weighted by Crippen LogP contribution is -2.56. The summed E-state index contributed by atoms with van der Waals surface area (Å²) in [5.74, 6) is -1.85. The second kappa shape index (κ2) is 16.2. The highest BCUT2D eigenvalue weighted by Crippen LogP contribution is 2.27. The van der Waals surface area contributed by atoms with Crippen LogP contribution in [0.15, 0.2) is 65.7 Å². The molecular formula is C28H36BrN5O7. The molecule has 4 unspecified atom stereocenters. The largest absolute Gasteiger partial charge is 0.442 e. The normalized spacial score (nSPS) is 18.6. The van der Waals surface area contributed by atoms with E-state index in [4.69, 9.17) is 15.2 Å². The lowest BCUT2D eigenvalue weighted by molar-refractivity contribution is -0.126.